The van der Waals surface area contributed by atoms with Crippen LogP contribution in [0.25, 0.3) is 0 Å². The van der Waals surface area contributed by atoms with Crippen molar-refractivity contribution < 1.29 is 14.6 Å². The quantitative estimate of drug-likeness (QED) is 0.767. The number of rotatable bonds is 1. The molecule has 0 heterocycles. The van der Waals surface area contributed by atoms with Crippen LogP contribution in [0.3, 0.4) is 0 Å². The lowest BCUT2D eigenvalue weighted by molar-refractivity contribution is 0.0600. The first-order chi connectivity index (χ1) is 8.25. The normalized spacial score (nSPS) is 7.06. The molecule has 0 fully saturated rings. The Labute approximate surface area is 105 Å². The van der Waals surface area contributed by atoms with Gasteiger partial charge in [-0.1, -0.05) is 45.9 Å². The van der Waals surface area contributed by atoms with Gasteiger partial charge in [0.05, 0.1) is 12.7 Å². The summed E-state index contributed by atoms with van der Waals surface area (Å²) >= 11 is 0. The van der Waals surface area contributed by atoms with Gasteiger partial charge in [0.25, 0.3) is 0 Å². The Hall–Kier alpha value is -1.35. The van der Waals surface area contributed by atoms with Gasteiger partial charge in [0.1, 0.15) is 0 Å². The maximum Gasteiger partial charge on any atom is 0.338 e. The number of hydrogen-bond acceptors (Lipinski definition) is 3. The van der Waals surface area contributed by atoms with Gasteiger partial charge < -0.3 is 9.84 Å². The van der Waals surface area contributed by atoms with Crippen molar-refractivity contribution in [3.63, 3.8) is 0 Å². The van der Waals surface area contributed by atoms with E-state index in [1.165, 1.54) is 7.11 Å². The molecule has 0 aliphatic rings. The largest absolute Gasteiger partial charge is 0.465 e. The third-order valence-electron chi connectivity index (χ3n) is 1.55. The summed E-state index contributed by atoms with van der Waals surface area (Å²) in [6.45, 7) is 9.88. The predicted octanol–water partition coefficient (Wildman–Crippen LogP) is 3.44. The zero-order valence-corrected chi connectivity index (χ0v) is 12.1. The van der Waals surface area contributed by atoms with Crippen molar-refractivity contribution in [3.8, 4) is 0 Å². The number of carbonyl (C=O) groups excluding carboxylic acids is 1. The molecule has 0 saturated carbocycles. The van der Waals surface area contributed by atoms with Gasteiger partial charge in [-0.3, -0.25) is 0 Å². The van der Waals surface area contributed by atoms with Gasteiger partial charge >= 0.3 is 5.97 Å². The van der Waals surface area contributed by atoms with Crippen molar-refractivity contribution in [3.05, 3.63) is 35.4 Å². The number of hydrogen-bond donors (Lipinski definition) is 1. The molecule has 0 unspecified atom stereocenters. The van der Waals surface area contributed by atoms with Crippen molar-refractivity contribution in [2.45, 2.75) is 34.6 Å². The molecule has 0 spiro atoms. The number of aryl methyl sites for hydroxylation is 1. The first kappa shape index (κ1) is 21.0. The van der Waals surface area contributed by atoms with Gasteiger partial charge in [0.2, 0.25) is 0 Å². The van der Waals surface area contributed by atoms with E-state index in [0.717, 1.165) is 12.7 Å². The standard InChI is InChI=1S/C9H10O2.2C2H6.CH4O/c1-7-5-3-4-6-8(7)9(10)11-2;3*1-2/h3-6H,1-2H3;2*1-2H3;2H,1H3. The summed E-state index contributed by atoms with van der Waals surface area (Å²) in [6.07, 6.45) is 0. The second-order valence-corrected chi connectivity index (χ2v) is 2.31. The fourth-order valence-corrected chi connectivity index (χ4v) is 0.912. The molecular formula is C14H26O3. The lowest BCUT2D eigenvalue weighted by atomic mass is 10.1. The number of ether oxygens (including phenoxy) is 1. The Morgan fingerprint density at radius 2 is 1.47 bits per heavy atom. The highest BCUT2D eigenvalue weighted by Crippen LogP contribution is 2.07. The van der Waals surface area contributed by atoms with E-state index < -0.39 is 0 Å². The van der Waals surface area contributed by atoms with Crippen LogP contribution in [0.15, 0.2) is 24.3 Å². The first-order valence-electron chi connectivity index (χ1n) is 5.84. The summed E-state index contributed by atoms with van der Waals surface area (Å²) in [5, 5.41) is 7.00. The number of aliphatic hydroxyl groups is 1. The first-order valence-corrected chi connectivity index (χ1v) is 5.84. The molecule has 0 aliphatic heterocycles. The number of methoxy groups -OCH3 is 1. The lowest BCUT2D eigenvalue weighted by Gasteiger charge is -2.00. The van der Waals surface area contributed by atoms with Crippen molar-refractivity contribution in [1.29, 1.82) is 0 Å². The highest BCUT2D eigenvalue weighted by atomic mass is 16.5. The van der Waals surface area contributed by atoms with E-state index in [-0.39, 0.29) is 5.97 Å². The highest BCUT2D eigenvalue weighted by molar-refractivity contribution is 5.90. The Morgan fingerprint density at radius 1 is 1.06 bits per heavy atom. The van der Waals surface area contributed by atoms with Crippen LogP contribution in [-0.2, 0) is 4.74 Å². The van der Waals surface area contributed by atoms with Gasteiger partial charge in [-0.2, -0.15) is 0 Å². The van der Waals surface area contributed by atoms with E-state index in [1.54, 1.807) is 6.07 Å². The minimum Gasteiger partial charge on any atom is -0.465 e. The maximum absolute atomic E-state index is 11.0. The Kier molecular flexibility index (Phi) is 21.1. The molecule has 1 N–H and O–H groups in total. The molecule has 100 valence electrons. The molecule has 3 nitrogen and oxygen atoms in total. The monoisotopic (exact) mass is 242 g/mol. The molecule has 1 rings (SSSR count). The minimum absolute atomic E-state index is 0.275. The summed E-state index contributed by atoms with van der Waals surface area (Å²) in [6, 6.07) is 7.34. The van der Waals surface area contributed by atoms with Gasteiger partial charge in [-0.05, 0) is 18.6 Å². The van der Waals surface area contributed by atoms with Crippen molar-refractivity contribution in [1.82, 2.24) is 0 Å². The average molecular weight is 242 g/mol. The molecule has 0 bridgehead atoms. The fourth-order valence-electron chi connectivity index (χ4n) is 0.912. The van der Waals surface area contributed by atoms with Crippen LogP contribution in [0.1, 0.15) is 43.6 Å². The predicted molar refractivity (Wildman–Crippen MR) is 73.4 cm³/mol. The van der Waals surface area contributed by atoms with Gasteiger partial charge in [0.15, 0.2) is 0 Å². The molecule has 0 atom stereocenters. The van der Waals surface area contributed by atoms with Crippen LogP contribution in [-0.4, -0.2) is 25.3 Å². The third-order valence-corrected chi connectivity index (χ3v) is 1.55. The lowest BCUT2D eigenvalue weighted by Crippen LogP contribution is -2.02. The maximum atomic E-state index is 11.0. The van der Waals surface area contributed by atoms with E-state index in [4.69, 9.17) is 5.11 Å². The summed E-state index contributed by atoms with van der Waals surface area (Å²) in [4.78, 5) is 11.0. The topological polar surface area (TPSA) is 46.5 Å². The average Bonchev–Trinajstić information content (AvgIpc) is 2.45. The van der Waals surface area contributed by atoms with Crippen LogP contribution in [0.5, 0.6) is 0 Å². The zero-order chi connectivity index (χ0) is 14.3. The van der Waals surface area contributed by atoms with E-state index in [1.807, 2.05) is 52.8 Å². The van der Waals surface area contributed by atoms with Crippen LogP contribution in [0.4, 0.5) is 0 Å². The van der Waals surface area contributed by atoms with Gasteiger partial charge in [0, 0.05) is 7.11 Å². The second kappa shape index (κ2) is 17.1. The van der Waals surface area contributed by atoms with E-state index in [0.29, 0.717) is 5.56 Å². The Bertz CT molecular complexity index is 270. The molecule has 1 aromatic rings. The third kappa shape index (κ3) is 9.57. The summed E-state index contributed by atoms with van der Waals surface area (Å²) in [7, 11) is 2.38. The van der Waals surface area contributed by atoms with Gasteiger partial charge in [-0.15, -0.1) is 0 Å². The summed E-state index contributed by atoms with van der Waals surface area (Å²) < 4.78 is 4.58. The highest BCUT2D eigenvalue weighted by Gasteiger charge is 2.05. The SMILES string of the molecule is CC.CC.CO.COC(=O)c1ccccc1C. The van der Waals surface area contributed by atoms with Crippen molar-refractivity contribution >= 4 is 5.97 Å². The molecule has 17 heavy (non-hydrogen) atoms. The fraction of sp³-hybridized carbons (Fsp3) is 0.500. The number of benzene rings is 1. The number of carbonyl (C=O) groups is 1. The minimum atomic E-state index is -0.275. The van der Waals surface area contributed by atoms with E-state index >= 15 is 0 Å². The zero-order valence-electron chi connectivity index (χ0n) is 12.1. The second-order valence-electron chi connectivity index (χ2n) is 2.31. The Morgan fingerprint density at radius 3 is 1.82 bits per heavy atom. The van der Waals surface area contributed by atoms with Crippen molar-refractivity contribution in [2.75, 3.05) is 14.2 Å². The van der Waals surface area contributed by atoms with E-state index in [9.17, 15) is 4.79 Å². The molecule has 0 saturated heterocycles. The summed E-state index contributed by atoms with van der Waals surface area (Å²) in [5.74, 6) is -0.275. The number of esters is 1. The molecule has 0 aliphatic carbocycles. The van der Waals surface area contributed by atoms with E-state index in [2.05, 4.69) is 4.74 Å². The van der Waals surface area contributed by atoms with Crippen LogP contribution >= 0.6 is 0 Å². The molecular weight excluding hydrogens is 216 g/mol. The molecule has 0 aromatic heterocycles. The molecule has 1 aromatic carbocycles. The molecule has 3 heteroatoms. The van der Waals surface area contributed by atoms with Crippen LogP contribution in [0.2, 0.25) is 0 Å². The summed E-state index contributed by atoms with van der Waals surface area (Å²) in [5.41, 5.74) is 1.58. The molecule has 0 radical (unpaired) electrons. The molecule has 0 amide bonds. The van der Waals surface area contributed by atoms with Crippen LogP contribution in [0, 0.1) is 6.92 Å². The van der Waals surface area contributed by atoms with Crippen molar-refractivity contribution in [2.24, 2.45) is 0 Å². The Balaban J connectivity index is -0.000000285. The van der Waals surface area contributed by atoms with Gasteiger partial charge in [-0.25, -0.2) is 4.79 Å². The van der Waals surface area contributed by atoms with Crippen LogP contribution < -0.4 is 0 Å². The smallest absolute Gasteiger partial charge is 0.338 e. The number of aliphatic hydroxyl groups excluding tert-OH is 1.